The molecule has 0 aliphatic carbocycles. The highest BCUT2D eigenvalue weighted by atomic mass is 32.2. The first kappa shape index (κ1) is 20.0. The molecule has 2 aromatic carbocycles. The van der Waals surface area contributed by atoms with Crippen LogP contribution in [-0.4, -0.2) is 34.8 Å². The molecule has 0 spiro atoms. The first-order valence-corrected chi connectivity index (χ1v) is 9.11. The number of aryl methyl sites for hydroxylation is 1. The van der Waals surface area contributed by atoms with Gasteiger partial charge < -0.3 is 15.2 Å². The average Bonchev–Trinajstić information content (AvgIpc) is 2.66. The Kier molecular flexibility index (Phi) is 6.61. The molecule has 0 saturated carbocycles. The van der Waals surface area contributed by atoms with Gasteiger partial charge in [0.25, 0.3) is 5.96 Å². The van der Waals surface area contributed by atoms with Gasteiger partial charge in [0.2, 0.25) is 0 Å². The van der Waals surface area contributed by atoms with E-state index in [2.05, 4.69) is 20.0 Å². The monoisotopic (exact) mass is 392 g/mol. The summed E-state index contributed by atoms with van der Waals surface area (Å²) in [6.45, 7) is 1.84. The van der Waals surface area contributed by atoms with Gasteiger partial charge >= 0.3 is 10.1 Å². The molecule has 0 bridgehead atoms. The van der Waals surface area contributed by atoms with Crippen LogP contribution in [0.5, 0.6) is 11.5 Å². The zero-order chi connectivity index (χ0) is 19.9. The Labute approximate surface area is 157 Å². The van der Waals surface area contributed by atoms with Crippen LogP contribution in [0.15, 0.2) is 57.6 Å². The smallest absolute Gasteiger partial charge is 0.358 e. The van der Waals surface area contributed by atoms with Gasteiger partial charge in [-0.05, 0) is 42.4 Å². The molecule has 9 nitrogen and oxygen atoms in total. The Balaban J connectivity index is 2.03. The van der Waals surface area contributed by atoms with Gasteiger partial charge in [0.15, 0.2) is 0 Å². The Bertz CT molecular complexity index is 940. The van der Waals surface area contributed by atoms with Crippen molar-refractivity contribution in [3.05, 3.63) is 53.6 Å². The average molecular weight is 392 g/mol. The maximum atomic E-state index is 12.0. The Morgan fingerprint density at radius 3 is 2.44 bits per heavy atom. The molecule has 0 aliphatic heterocycles. The second-order valence-corrected chi connectivity index (χ2v) is 6.82. The second kappa shape index (κ2) is 8.90. The van der Waals surface area contributed by atoms with E-state index in [1.54, 1.807) is 30.3 Å². The number of nitrogens with one attached hydrogen (secondary N) is 1. The van der Waals surface area contributed by atoms with E-state index >= 15 is 0 Å². The van der Waals surface area contributed by atoms with Gasteiger partial charge in [0.1, 0.15) is 16.4 Å². The number of benzene rings is 2. The quantitative estimate of drug-likeness (QED) is 0.416. The predicted octanol–water partition coefficient (Wildman–Crippen LogP) is 1.57. The lowest BCUT2D eigenvalue weighted by molar-refractivity contribution is 0.336. The van der Waals surface area contributed by atoms with Crippen LogP contribution >= 0.6 is 0 Å². The molecule has 144 valence electrons. The molecule has 27 heavy (non-hydrogen) atoms. The van der Waals surface area contributed by atoms with Crippen LogP contribution in [0.4, 0.5) is 0 Å². The number of nitrogens with zero attached hydrogens (tertiary/aromatic N) is 2. The van der Waals surface area contributed by atoms with Crippen molar-refractivity contribution in [3.8, 4) is 11.5 Å². The summed E-state index contributed by atoms with van der Waals surface area (Å²) in [6.07, 6.45) is 1.41. The summed E-state index contributed by atoms with van der Waals surface area (Å²) in [6, 6.07) is 11.3. The molecule has 0 heterocycles. The predicted molar refractivity (Wildman–Crippen MR) is 101 cm³/mol. The van der Waals surface area contributed by atoms with E-state index in [0.29, 0.717) is 17.1 Å². The van der Waals surface area contributed by atoms with Crippen LogP contribution in [0.2, 0.25) is 0 Å². The van der Waals surface area contributed by atoms with Crippen molar-refractivity contribution in [2.24, 2.45) is 16.0 Å². The Morgan fingerprint density at radius 1 is 1.11 bits per heavy atom. The van der Waals surface area contributed by atoms with Gasteiger partial charge in [-0.2, -0.15) is 13.5 Å². The number of oxime groups is 1. The van der Waals surface area contributed by atoms with Gasteiger partial charge in [0, 0.05) is 5.56 Å². The zero-order valence-electron chi connectivity index (χ0n) is 15.0. The first-order chi connectivity index (χ1) is 12.9. The summed E-state index contributed by atoms with van der Waals surface area (Å²) < 4.78 is 38.9. The summed E-state index contributed by atoms with van der Waals surface area (Å²) in [5.41, 5.74) is 9.45. The molecule has 0 saturated heterocycles. The maximum Gasteiger partial charge on any atom is 0.358 e. The molecule has 0 aromatic heterocycles. The fraction of sp³-hybridized carbons (Fsp3) is 0.176. The van der Waals surface area contributed by atoms with Crippen LogP contribution < -0.4 is 20.6 Å². The van der Waals surface area contributed by atoms with E-state index in [9.17, 15) is 8.42 Å². The molecule has 0 aliphatic rings. The molecule has 2 rings (SSSR count). The van der Waals surface area contributed by atoms with Crippen LogP contribution in [-0.2, 0) is 14.4 Å². The molecule has 3 N–H and O–H groups in total. The summed E-state index contributed by atoms with van der Waals surface area (Å²) in [4.78, 5) is -0.0331. The number of hydrogen-bond donors (Lipinski definition) is 2. The molecular weight excluding hydrogens is 372 g/mol. The SMILES string of the molecule is COc1ccc(OC)c(C=NNC(N)=NOS(=O)(=O)c2ccc(C)cc2)c1. The van der Waals surface area contributed by atoms with Gasteiger partial charge in [0.05, 0.1) is 20.4 Å². The van der Waals surface area contributed by atoms with Crippen molar-refractivity contribution in [3.63, 3.8) is 0 Å². The van der Waals surface area contributed by atoms with Crippen molar-refractivity contribution in [1.29, 1.82) is 0 Å². The highest BCUT2D eigenvalue weighted by Crippen LogP contribution is 2.22. The number of ether oxygens (including phenoxy) is 2. The van der Waals surface area contributed by atoms with Crippen molar-refractivity contribution < 1.29 is 22.2 Å². The fourth-order valence-electron chi connectivity index (χ4n) is 1.97. The lowest BCUT2D eigenvalue weighted by Gasteiger charge is -2.06. The molecule has 0 radical (unpaired) electrons. The zero-order valence-corrected chi connectivity index (χ0v) is 15.9. The third kappa shape index (κ3) is 5.61. The normalized spacial score (nSPS) is 12.0. The highest BCUT2D eigenvalue weighted by Gasteiger charge is 2.15. The van der Waals surface area contributed by atoms with Gasteiger partial charge in [-0.25, -0.2) is 5.43 Å². The minimum absolute atomic E-state index is 0.0331. The number of rotatable bonds is 7. The number of nitrogens with two attached hydrogens (primary N) is 1. The van der Waals surface area contributed by atoms with E-state index in [0.717, 1.165) is 5.56 Å². The number of methoxy groups -OCH3 is 2. The van der Waals surface area contributed by atoms with Crippen LogP contribution in [0.3, 0.4) is 0 Å². The third-order valence-electron chi connectivity index (χ3n) is 3.36. The molecule has 0 amide bonds. The van der Waals surface area contributed by atoms with Crippen molar-refractivity contribution in [2.75, 3.05) is 14.2 Å². The topological polar surface area (TPSA) is 125 Å². The molecule has 2 aromatic rings. The standard InChI is InChI=1S/C17H20N4O5S/c1-12-4-7-15(8-5-12)27(22,23)26-21-17(18)20-19-11-13-10-14(24-2)6-9-16(13)25-3/h4-11H,1-3H3,(H3,18,20,21). The molecule has 0 unspecified atom stereocenters. The van der Waals surface area contributed by atoms with Crippen LogP contribution in [0.25, 0.3) is 0 Å². The van der Waals surface area contributed by atoms with Crippen LogP contribution in [0.1, 0.15) is 11.1 Å². The number of hydrogen-bond acceptors (Lipinski definition) is 7. The maximum absolute atomic E-state index is 12.0. The Morgan fingerprint density at radius 2 is 1.81 bits per heavy atom. The lowest BCUT2D eigenvalue weighted by atomic mass is 10.2. The fourth-order valence-corrected chi connectivity index (χ4v) is 2.70. The van der Waals surface area contributed by atoms with Gasteiger partial charge in [-0.15, -0.1) is 0 Å². The second-order valence-electron chi connectivity index (χ2n) is 5.30. The molecule has 0 fully saturated rings. The number of hydrazone groups is 1. The van der Waals surface area contributed by atoms with Crippen LogP contribution in [0, 0.1) is 6.92 Å². The van der Waals surface area contributed by atoms with Crippen molar-refractivity contribution >= 4 is 22.3 Å². The van der Waals surface area contributed by atoms with E-state index in [1.165, 1.54) is 32.6 Å². The molecule has 10 heteroatoms. The van der Waals surface area contributed by atoms with Crippen molar-refractivity contribution in [1.82, 2.24) is 5.43 Å². The minimum Gasteiger partial charge on any atom is -0.497 e. The minimum atomic E-state index is -4.06. The number of guanidine groups is 1. The largest absolute Gasteiger partial charge is 0.497 e. The van der Waals surface area contributed by atoms with E-state index in [1.807, 2.05) is 6.92 Å². The molecular formula is C17H20N4O5S. The van der Waals surface area contributed by atoms with E-state index < -0.39 is 10.1 Å². The highest BCUT2D eigenvalue weighted by molar-refractivity contribution is 7.86. The third-order valence-corrected chi connectivity index (χ3v) is 4.48. The van der Waals surface area contributed by atoms with Gasteiger partial charge in [-0.1, -0.05) is 17.7 Å². The van der Waals surface area contributed by atoms with E-state index in [-0.39, 0.29) is 10.9 Å². The van der Waals surface area contributed by atoms with E-state index in [4.69, 9.17) is 15.2 Å². The summed E-state index contributed by atoms with van der Waals surface area (Å²) in [5.74, 6) is 0.838. The van der Waals surface area contributed by atoms with Crippen molar-refractivity contribution in [2.45, 2.75) is 11.8 Å². The molecule has 0 atom stereocenters. The Hall–Kier alpha value is -3.27. The van der Waals surface area contributed by atoms with Gasteiger partial charge in [-0.3, -0.25) is 4.28 Å². The summed E-state index contributed by atoms with van der Waals surface area (Å²) in [5, 5.41) is 7.20. The summed E-state index contributed by atoms with van der Waals surface area (Å²) in [7, 11) is -1.01. The first-order valence-electron chi connectivity index (χ1n) is 7.70. The lowest BCUT2D eigenvalue weighted by Crippen LogP contribution is -2.28. The summed E-state index contributed by atoms with van der Waals surface area (Å²) >= 11 is 0.